The van der Waals surface area contributed by atoms with Crippen molar-refractivity contribution in [2.24, 2.45) is 0 Å². The summed E-state index contributed by atoms with van der Waals surface area (Å²) in [7, 11) is 0. The highest BCUT2D eigenvalue weighted by Crippen LogP contribution is 2.28. The number of carboxylic acid groups (broad SMARTS) is 1. The van der Waals surface area contributed by atoms with Crippen molar-refractivity contribution in [3.63, 3.8) is 0 Å². The van der Waals surface area contributed by atoms with Crippen LogP contribution in [0.1, 0.15) is 33.6 Å². The van der Waals surface area contributed by atoms with Gasteiger partial charge in [0.15, 0.2) is 0 Å². The molecule has 0 aromatic heterocycles. The van der Waals surface area contributed by atoms with Crippen LogP contribution in [0.2, 0.25) is 0 Å². The maximum absolute atomic E-state index is 11.7. The molecule has 0 saturated carbocycles. The fourth-order valence-corrected chi connectivity index (χ4v) is 2.17. The van der Waals surface area contributed by atoms with E-state index in [2.05, 4.69) is 10.6 Å². The number of hydrogen-bond donors (Lipinski definition) is 3. The van der Waals surface area contributed by atoms with E-state index < -0.39 is 44.9 Å². The van der Waals surface area contributed by atoms with E-state index in [0.717, 1.165) is 12.1 Å². The number of hydrogen-bond acceptors (Lipinski definition) is 8. The number of carboxylic acids is 1. The Bertz CT molecular complexity index is 760. The lowest BCUT2D eigenvalue weighted by Gasteiger charge is -2.22. The van der Waals surface area contributed by atoms with Gasteiger partial charge in [0.25, 0.3) is 11.4 Å². The van der Waals surface area contributed by atoms with Gasteiger partial charge in [-0.2, -0.15) is 0 Å². The molecular weight excluding hydrogens is 376 g/mol. The highest BCUT2D eigenvalue weighted by molar-refractivity contribution is 5.80. The second-order valence-corrected chi connectivity index (χ2v) is 6.82. The average molecular weight is 398 g/mol. The standard InChI is InChI=1S/C16H22N4O8/c1-16(2,3)28-15(23)18-12(14(21)22)5-4-8-17-11-7-6-10(19(24)25)9-13(11)20(26)27/h6-7,9,12,17H,4-5,8H2,1-3H3,(H,18,23)(H,21,22)/t12-/m0/s1. The number of rotatable bonds is 9. The molecule has 0 radical (unpaired) electrons. The van der Waals surface area contributed by atoms with Crippen molar-refractivity contribution in [3.8, 4) is 0 Å². The maximum Gasteiger partial charge on any atom is 0.408 e. The second-order valence-electron chi connectivity index (χ2n) is 6.82. The monoisotopic (exact) mass is 398 g/mol. The Balaban J connectivity index is 2.64. The smallest absolute Gasteiger partial charge is 0.408 e. The lowest BCUT2D eigenvalue weighted by atomic mass is 10.1. The molecule has 12 heteroatoms. The van der Waals surface area contributed by atoms with E-state index in [-0.39, 0.29) is 25.1 Å². The SMILES string of the molecule is CC(C)(C)OC(=O)N[C@@H](CCCNc1ccc([N+](=O)[O-])cc1[N+](=O)[O-])C(=O)O. The van der Waals surface area contributed by atoms with Gasteiger partial charge in [-0.1, -0.05) is 0 Å². The first-order chi connectivity index (χ1) is 12.9. The Labute approximate surface area is 160 Å². The average Bonchev–Trinajstić information content (AvgIpc) is 2.55. The minimum atomic E-state index is -1.24. The zero-order valence-electron chi connectivity index (χ0n) is 15.6. The molecule has 1 aromatic rings. The molecule has 1 aromatic carbocycles. The van der Waals surface area contributed by atoms with Crippen LogP contribution in [0.4, 0.5) is 21.9 Å². The summed E-state index contributed by atoms with van der Waals surface area (Å²) in [6, 6.07) is 1.99. The maximum atomic E-state index is 11.7. The number of carbonyl (C=O) groups excluding carboxylic acids is 1. The summed E-state index contributed by atoms with van der Waals surface area (Å²) in [5, 5.41) is 36.0. The van der Waals surface area contributed by atoms with Crippen LogP contribution in [0.15, 0.2) is 18.2 Å². The van der Waals surface area contributed by atoms with Crippen LogP contribution in [0, 0.1) is 20.2 Å². The van der Waals surface area contributed by atoms with Crippen molar-refractivity contribution in [2.45, 2.75) is 45.3 Å². The number of ether oxygens (including phenoxy) is 1. The number of anilines is 1. The molecule has 3 N–H and O–H groups in total. The molecule has 0 heterocycles. The molecular formula is C16H22N4O8. The number of nitro groups is 2. The van der Waals surface area contributed by atoms with E-state index in [1.165, 1.54) is 6.07 Å². The van der Waals surface area contributed by atoms with Crippen molar-refractivity contribution < 1.29 is 29.3 Å². The van der Waals surface area contributed by atoms with Crippen LogP contribution in [0.25, 0.3) is 0 Å². The summed E-state index contributed by atoms with van der Waals surface area (Å²) < 4.78 is 5.01. The van der Waals surface area contributed by atoms with Gasteiger partial charge in [-0.05, 0) is 39.7 Å². The first-order valence-corrected chi connectivity index (χ1v) is 8.29. The summed E-state index contributed by atoms with van der Waals surface area (Å²) >= 11 is 0. The van der Waals surface area contributed by atoms with E-state index in [1.54, 1.807) is 20.8 Å². The third kappa shape index (κ3) is 7.43. The topological polar surface area (TPSA) is 174 Å². The summed E-state index contributed by atoms with van der Waals surface area (Å²) in [6.45, 7) is 5.08. The first kappa shape index (κ1) is 22.6. The van der Waals surface area contributed by atoms with Crippen LogP contribution < -0.4 is 10.6 Å². The zero-order valence-corrected chi connectivity index (χ0v) is 15.6. The molecule has 12 nitrogen and oxygen atoms in total. The number of carbonyl (C=O) groups is 2. The molecule has 0 aliphatic carbocycles. The van der Waals surface area contributed by atoms with Gasteiger partial charge in [0, 0.05) is 12.6 Å². The molecule has 28 heavy (non-hydrogen) atoms. The number of amides is 1. The fourth-order valence-electron chi connectivity index (χ4n) is 2.17. The molecule has 0 unspecified atom stereocenters. The van der Waals surface area contributed by atoms with Crippen molar-refractivity contribution in [3.05, 3.63) is 38.4 Å². The number of nitrogens with zero attached hydrogens (tertiary/aromatic N) is 2. The van der Waals surface area contributed by atoms with E-state index in [0.29, 0.717) is 0 Å². The van der Waals surface area contributed by atoms with Gasteiger partial charge in [0.2, 0.25) is 0 Å². The minimum Gasteiger partial charge on any atom is -0.480 e. The third-order valence-corrected chi connectivity index (χ3v) is 3.36. The Hall–Kier alpha value is -3.44. The van der Waals surface area contributed by atoms with E-state index in [1.807, 2.05) is 0 Å². The van der Waals surface area contributed by atoms with Gasteiger partial charge in [-0.15, -0.1) is 0 Å². The predicted molar refractivity (Wildman–Crippen MR) is 98.3 cm³/mol. The molecule has 0 aliphatic rings. The molecule has 0 saturated heterocycles. The Morgan fingerprint density at radius 3 is 2.36 bits per heavy atom. The minimum absolute atomic E-state index is 0.0440. The summed E-state index contributed by atoms with van der Waals surface area (Å²) in [4.78, 5) is 43.3. The molecule has 0 aliphatic heterocycles. The Kier molecular flexibility index (Phi) is 7.65. The van der Waals surface area contributed by atoms with Crippen LogP contribution in [-0.4, -0.2) is 45.2 Å². The summed E-state index contributed by atoms with van der Waals surface area (Å²) in [5.41, 5.74) is -1.58. The van der Waals surface area contributed by atoms with Gasteiger partial charge in [-0.3, -0.25) is 20.2 Å². The third-order valence-electron chi connectivity index (χ3n) is 3.36. The Morgan fingerprint density at radius 1 is 1.21 bits per heavy atom. The van der Waals surface area contributed by atoms with Gasteiger partial charge >= 0.3 is 12.1 Å². The van der Waals surface area contributed by atoms with Gasteiger partial charge in [-0.25, -0.2) is 9.59 Å². The molecule has 1 amide bonds. The molecule has 0 fully saturated rings. The van der Waals surface area contributed by atoms with Gasteiger partial charge in [0.1, 0.15) is 17.3 Å². The molecule has 154 valence electrons. The molecule has 1 rings (SSSR count). The van der Waals surface area contributed by atoms with Gasteiger partial charge in [0.05, 0.1) is 15.9 Å². The lowest BCUT2D eigenvalue weighted by Crippen LogP contribution is -2.43. The van der Waals surface area contributed by atoms with E-state index >= 15 is 0 Å². The van der Waals surface area contributed by atoms with Crippen LogP contribution >= 0.6 is 0 Å². The quantitative estimate of drug-likeness (QED) is 0.321. The number of non-ortho nitro benzene ring substituents is 1. The van der Waals surface area contributed by atoms with Crippen molar-refractivity contribution in [2.75, 3.05) is 11.9 Å². The number of nitro benzene ring substituents is 2. The second kappa shape index (κ2) is 9.48. The largest absolute Gasteiger partial charge is 0.480 e. The highest BCUT2D eigenvalue weighted by Gasteiger charge is 2.24. The van der Waals surface area contributed by atoms with E-state index in [4.69, 9.17) is 4.74 Å². The normalized spacial score (nSPS) is 12.0. The number of aliphatic carboxylic acids is 1. The van der Waals surface area contributed by atoms with E-state index in [9.17, 15) is 34.9 Å². The first-order valence-electron chi connectivity index (χ1n) is 8.29. The molecule has 0 spiro atoms. The van der Waals surface area contributed by atoms with Crippen LogP contribution in [-0.2, 0) is 9.53 Å². The molecule has 1 atom stereocenters. The Morgan fingerprint density at radius 2 is 1.86 bits per heavy atom. The van der Waals surface area contributed by atoms with Crippen LogP contribution in [0.5, 0.6) is 0 Å². The fraction of sp³-hybridized carbons (Fsp3) is 0.500. The number of benzene rings is 1. The number of alkyl carbamates (subject to hydrolysis) is 1. The van der Waals surface area contributed by atoms with Gasteiger partial charge < -0.3 is 20.5 Å². The summed E-state index contributed by atoms with van der Waals surface area (Å²) in [6.07, 6.45) is -0.567. The molecule has 0 bridgehead atoms. The van der Waals surface area contributed by atoms with Crippen molar-refractivity contribution in [1.29, 1.82) is 0 Å². The van der Waals surface area contributed by atoms with Crippen LogP contribution in [0.3, 0.4) is 0 Å². The number of nitrogens with one attached hydrogen (secondary N) is 2. The van der Waals surface area contributed by atoms with Crippen molar-refractivity contribution >= 4 is 29.1 Å². The highest BCUT2D eigenvalue weighted by atomic mass is 16.6. The predicted octanol–water partition coefficient (Wildman–Crippen LogP) is 2.67. The summed E-state index contributed by atoms with van der Waals surface area (Å²) in [5.74, 6) is -1.24. The van der Waals surface area contributed by atoms with Crippen molar-refractivity contribution in [1.82, 2.24) is 5.32 Å². The zero-order chi connectivity index (χ0) is 21.5. The lowest BCUT2D eigenvalue weighted by molar-refractivity contribution is -0.393.